The van der Waals surface area contributed by atoms with Gasteiger partial charge >= 0.3 is 0 Å². The fourth-order valence-corrected chi connectivity index (χ4v) is 2.71. The molecule has 0 saturated heterocycles. The molecule has 0 heterocycles. The Kier molecular flexibility index (Phi) is 8.64. The Balaban J connectivity index is 2.02. The molecule has 2 aromatic rings. The van der Waals surface area contributed by atoms with Crippen LogP contribution in [0.4, 0.5) is 0 Å². The molecule has 0 spiro atoms. The third-order valence-corrected chi connectivity index (χ3v) is 4.44. The van der Waals surface area contributed by atoms with Crippen molar-refractivity contribution in [3.63, 3.8) is 0 Å². The second kappa shape index (κ2) is 11.4. The number of methoxy groups -OCH3 is 1. The molecule has 0 aliphatic carbocycles. The summed E-state index contributed by atoms with van der Waals surface area (Å²) in [6.07, 6.45) is 6.68. The van der Waals surface area contributed by atoms with Gasteiger partial charge in [0.05, 0.1) is 13.3 Å². The van der Waals surface area contributed by atoms with Gasteiger partial charge in [0.25, 0.3) is 11.8 Å². The topological polar surface area (TPSA) is 89.0 Å². The van der Waals surface area contributed by atoms with Crippen molar-refractivity contribution in [2.45, 2.75) is 26.8 Å². The van der Waals surface area contributed by atoms with Gasteiger partial charge in [0.1, 0.15) is 12.6 Å². The van der Waals surface area contributed by atoms with Crippen LogP contribution >= 0.6 is 0 Å². The Hall–Kier alpha value is -3.79. The number of benzene rings is 2. The summed E-state index contributed by atoms with van der Waals surface area (Å²) in [5, 5.41) is 6.77. The molecular weight excluding hydrogens is 394 g/mol. The van der Waals surface area contributed by atoms with Crippen LogP contribution in [0.1, 0.15) is 35.3 Å². The van der Waals surface area contributed by atoms with Crippen molar-refractivity contribution in [3.05, 3.63) is 59.2 Å². The summed E-state index contributed by atoms with van der Waals surface area (Å²) in [4.78, 5) is 25.1. The molecule has 0 fully saturated rings. The summed E-state index contributed by atoms with van der Waals surface area (Å²) in [6.45, 7) is 5.77. The number of hydrazone groups is 1. The molecule has 2 rings (SSSR count). The van der Waals surface area contributed by atoms with Crippen LogP contribution in [-0.4, -0.2) is 37.8 Å². The number of rotatable bonds is 9. The number of carbonyl (C=O) groups is 2. The van der Waals surface area contributed by atoms with Gasteiger partial charge in [0, 0.05) is 5.56 Å². The fraction of sp³-hybridized carbons (Fsp3) is 0.292. The molecule has 7 heteroatoms. The number of amides is 2. The largest absolute Gasteiger partial charge is 0.493 e. The lowest BCUT2D eigenvalue weighted by atomic mass is 10.0. The minimum atomic E-state index is -0.736. The number of ether oxygens (including phenoxy) is 2. The van der Waals surface area contributed by atoms with Crippen molar-refractivity contribution < 1.29 is 19.1 Å². The zero-order chi connectivity index (χ0) is 22.8. The minimum Gasteiger partial charge on any atom is -0.493 e. The van der Waals surface area contributed by atoms with E-state index >= 15 is 0 Å². The number of hydrogen-bond acceptors (Lipinski definition) is 5. The van der Waals surface area contributed by atoms with Crippen LogP contribution in [0.15, 0.2) is 47.6 Å². The van der Waals surface area contributed by atoms with Crippen molar-refractivity contribution in [1.82, 2.24) is 10.7 Å². The van der Waals surface area contributed by atoms with E-state index in [1.165, 1.54) is 13.3 Å². The number of nitrogens with zero attached hydrogens (tertiary/aromatic N) is 1. The lowest BCUT2D eigenvalue weighted by Gasteiger charge is -2.20. The van der Waals surface area contributed by atoms with Crippen LogP contribution in [0, 0.1) is 25.2 Å². The first-order chi connectivity index (χ1) is 14.8. The van der Waals surface area contributed by atoms with Crippen molar-refractivity contribution in [2.75, 3.05) is 13.7 Å². The first kappa shape index (κ1) is 23.5. The Morgan fingerprint density at radius 1 is 1.16 bits per heavy atom. The van der Waals surface area contributed by atoms with Crippen molar-refractivity contribution in [2.24, 2.45) is 11.0 Å². The summed E-state index contributed by atoms with van der Waals surface area (Å²) in [5.74, 6) is 2.55. The third-order valence-electron chi connectivity index (χ3n) is 4.44. The van der Waals surface area contributed by atoms with E-state index in [9.17, 15) is 9.59 Å². The highest BCUT2D eigenvalue weighted by Gasteiger charge is 2.24. The van der Waals surface area contributed by atoms with Crippen LogP contribution in [0.3, 0.4) is 0 Å². The summed E-state index contributed by atoms with van der Waals surface area (Å²) in [6, 6.07) is 11.6. The maximum atomic E-state index is 12.6. The molecule has 0 bridgehead atoms. The molecule has 2 amide bonds. The first-order valence-electron chi connectivity index (χ1n) is 9.80. The third kappa shape index (κ3) is 6.89. The normalized spacial score (nSPS) is 11.6. The quantitative estimate of drug-likeness (QED) is 0.370. The predicted octanol–water partition coefficient (Wildman–Crippen LogP) is 2.92. The number of hydrogen-bond donors (Lipinski definition) is 2. The Morgan fingerprint density at radius 3 is 2.48 bits per heavy atom. The van der Waals surface area contributed by atoms with Gasteiger partial charge in [-0.05, 0) is 48.7 Å². The van der Waals surface area contributed by atoms with Gasteiger partial charge < -0.3 is 14.8 Å². The Bertz CT molecular complexity index is 975. The standard InChI is InChI=1S/C24H27N3O4/c1-6-13-31-20-12-9-18(14-21(20)30-5)15-25-27-24(29)22(16(2)3)26-23(28)19-10-7-17(4)8-11-19/h1,7-12,14-16,22H,13H2,2-5H3,(H,26,28)(H,27,29). The summed E-state index contributed by atoms with van der Waals surface area (Å²) in [5.41, 5.74) is 4.72. The van der Waals surface area contributed by atoms with E-state index in [2.05, 4.69) is 21.8 Å². The van der Waals surface area contributed by atoms with Gasteiger partial charge in [-0.1, -0.05) is 37.5 Å². The maximum absolute atomic E-state index is 12.6. The summed E-state index contributed by atoms with van der Waals surface area (Å²) >= 11 is 0. The fourth-order valence-electron chi connectivity index (χ4n) is 2.71. The molecule has 0 aliphatic heterocycles. The van der Waals surface area contributed by atoms with Gasteiger partial charge in [-0.15, -0.1) is 6.42 Å². The van der Waals surface area contributed by atoms with Crippen molar-refractivity contribution >= 4 is 18.0 Å². The van der Waals surface area contributed by atoms with Crippen LogP contribution < -0.4 is 20.2 Å². The first-order valence-corrected chi connectivity index (χ1v) is 9.80. The molecule has 7 nitrogen and oxygen atoms in total. The van der Waals surface area contributed by atoms with E-state index in [1.54, 1.807) is 30.3 Å². The molecule has 2 N–H and O–H groups in total. The number of carbonyl (C=O) groups excluding carboxylic acids is 2. The second-order valence-electron chi connectivity index (χ2n) is 7.20. The Labute approximate surface area is 182 Å². The van der Waals surface area contributed by atoms with Gasteiger partial charge in [-0.2, -0.15) is 5.10 Å². The summed E-state index contributed by atoms with van der Waals surface area (Å²) < 4.78 is 10.7. The van der Waals surface area contributed by atoms with Crippen LogP contribution in [0.5, 0.6) is 11.5 Å². The van der Waals surface area contributed by atoms with Gasteiger partial charge in [-0.25, -0.2) is 5.43 Å². The highest BCUT2D eigenvalue weighted by atomic mass is 16.5. The van der Waals surface area contributed by atoms with Crippen LogP contribution in [-0.2, 0) is 4.79 Å². The average molecular weight is 421 g/mol. The van der Waals surface area contributed by atoms with E-state index < -0.39 is 11.9 Å². The molecule has 162 valence electrons. The molecule has 31 heavy (non-hydrogen) atoms. The average Bonchev–Trinajstić information content (AvgIpc) is 2.76. The molecule has 0 radical (unpaired) electrons. The second-order valence-corrected chi connectivity index (χ2v) is 7.20. The number of terminal acetylenes is 1. The zero-order valence-corrected chi connectivity index (χ0v) is 18.1. The van der Waals surface area contributed by atoms with Gasteiger partial charge in [0.2, 0.25) is 0 Å². The maximum Gasteiger partial charge on any atom is 0.262 e. The zero-order valence-electron chi connectivity index (χ0n) is 18.1. The molecule has 0 aliphatic rings. The van der Waals surface area contributed by atoms with E-state index in [-0.39, 0.29) is 18.4 Å². The molecule has 2 aromatic carbocycles. The Morgan fingerprint density at radius 2 is 1.87 bits per heavy atom. The molecule has 0 aromatic heterocycles. The van der Waals surface area contributed by atoms with Crippen LogP contribution in [0.2, 0.25) is 0 Å². The molecule has 0 saturated carbocycles. The van der Waals surface area contributed by atoms with E-state index in [4.69, 9.17) is 15.9 Å². The number of aryl methyl sites for hydroxylation is 1. The van der Waals surface area contributed by atoms with Gasteiger partial charge in [-0.3, -0.25) is 9.59 Å². The van der Waals surface area contributed by atoms with E-state index in [0.29, 0.717) is 22.6 Å². The molecular formula is C24H27N3O4. The lowest BCUT2D eigenvalue weighted by molar-refractivity contribution is -0.123. The molecule has 1 unspecified atom stereocenters. The summed E-state index contributed by atoms with van der Waals surface area (Å²) in [7, 11) is 1.52. The van der Waals surface area contributed by atoms with Crippen molar-refractivity contribution in [3.8, 4) is 23.8 Å². The van der Waals surface area contributed by atoms with Crippen LogP contribution in [0.25, 0.3) is 0 Å². The van der Waals surface area contributed by atoms with E-state index in [0.717, 1.165) is 5.56 Å². The number of nitrogens with one attached hydrogen (secondary N) is 2. The van der Waals surface area contributed by atoms with Crippen molar-refractivity contribution in [1.29, 1.82) is 0 Å². The van der Waals surface area contributed by atoms with E-state index in [1.807, 2.05) is 32.9 Å². The SMILES string of the molecule is C#CCOc1ccc(C=NNC(=O)C(NC(=O)c2ccc(C)cc2)C(C)C)cc1OC. The monoisotopic (exact) mass is 421 g/mol. The van der Waals surface area contributed by atoms with Gasteiger partial charge in [0.15, 0.2) is 11.5 Å². The lowest BCUT2D eigenvalue weighted by Crippen LogP contribution is -2.48. The highest BCUT2D eigenvalue weighted by molar-refractivity contribution is 5.97. The minimum absolute atomic E-state index is 0.128. The highest BCUT2D eigenvalue weighted by Crippen LogP contribution is 2.27. The smallest absolute Gasteiger partial charge is 0.262 e. The predicted molar refractivity (Wildman–Crippen MR) is 120 cm³/mol. The molecule has 1 atom stereocenters.